The third-order valence-electron chi connectivity index (χ3n) is 4.32. The second kappa shape index (κ2) is 8.11. The summed E-state index contributed by atoms with van der Waals surface area (Å²) < 4.78 is 0. The van der Waals surface area contributed by atoms with E-state index >= 15 is 0 Å². The molecule has 0 radical (unpaired) electrons. The zero-order chi connectivity index (χ0) is 15.5. The summed E-state index contributed by atoms with van der Waals surface area (Å²) in [5, 5.41) is 1.08. The zero-order valence-electron chi connectivity index (χ0n) is 12.9. The van der Waals surface area contributed by atoms with Gasteiger partial charge in [-0.05, 0) is 50.6 Å². The SMILES string of the molecule is Cl.NCCC1CCCCN1Cc1nc2ccc(Cl)cc2c(=O)[nH]1. The lowest BCUT2D eigenvalue weighted by Gasteiger charge is -2.35. The first-order valence-corrected chi connectivity index (χ1v) is 8.18. The highest BCUT2D eigenvalue weighted by Crippen LogP contribution is 2.21. The predicted octanol–water partition coefficient (Wildman–Crippen LogP) is 2.70. The van der Waals surface area contributed by atoms with Crippen molar-refractivity contribution in [2.45, 2.75) is 38.3 Å². The van der Waals surface area contributed by atoms with Gasteiger partial charge in [-0.1, -0.05) is 18.0 Å². The van der Waals surface area contributed by atoms with Crippen LogP contribution in [0.25, 0.3) is 10.9 Å². The minimum Gasteiger partial charge on any atom is -0.330 e. The van der Waals surface area contributed by atoms with Crippen LogP contribution in [-0.4, -0.2) is 34.0 Å². The number of likely N-dealkylation sites (tertiary alicyclic amines) is 1. The molecule has 1 aromatic heterocycles. The van der Waals surface area contributed by atoms with Crippen molar-refractivity contribution in [2.24, 2.45) is 5.73 Å². The molecule has 23 heavy (non-hydrogen) atoms. The van der Waals surface area contributed by atoms with Crippen molar-refractivity contribution in [1.29, 1.82) is 0 Å². The normalized spacial score (nSPS) is 18.8. The number of aromatic nitrogens is 2. The van der Waals surface area contributed by atoms with Crippen LogP contribution in [0, 0.1) is 0 Å². The van der Waals surface area contributed by atoms with Gasteiger partial charge in [-0.15, -0.1) is 12.4 Å². The van der Waals surface area contributed by atoms with Gasteiger partial charge in [0.15, 0.2) is 0 Å². The Morgan fingerprint density at radius 2 is 2.22 bits per heavy atom. The van der Waals surface area contributed by atoms with Crippen LogP contribution in [0.2, 0.25) is 5.02 Å². The third kappa shape index (κ3) is 4.23. The van der Waals surface area contributed by atoms with E-state index in [1.165, 1.54) is 19.3 Å². The first kappa shape index (κ1) is 18.2. The summed E-state index contributed by atoms with van der Waals surface area (Å²) >= 11 is 5.94. The molecule has 2 heterocycles. The van der Waals surface area contributed by atoms with Crippen LogP contribution in [0.3, 0.4) is 0 Å². The van der Waals surface area contributed by atoms with Gasteiger partial charge < -0.3 is 10.7 Å². The van der Waals surface area contributed by atoms with Gasteiger partial charge in [-0.3, -0.25) is 9.69 Å². The Labute approximate surface area is 146 Å². The van der Waals surface area contributed by atoms with Crippen LogP contribution in [0.4, 0.5) is 0 Å². The van der Waals surface area contributed by atoms with Gasteiger partial charge in [-0.2, -0.15) is 0 Å². The molecule has 1 saturated heterocycles. The van der Waals surface area contributed by atoms with E-state index in [9.17, 15) is 4.79 Å². The van der Waals surface area contributed by atoms with E-state index < -0.39 is 0 Å². The molecule has 0 saturated carbocycles. The molecule has 1 aliphatic rings. The molecule has 3 N–H and O–H groups in total. The van der Waals surface area contributed by atoms with Crippen molar-refractivity contribution in [3.8, 4) is 0 Å². The van der Waals surface area contributed by atoms with Crippen molar-refractivity contribution in [3.63, 3.8) is 0 Å². The quantitative estimate of drug-likeness (QED) is 0.882. The molecule has 1 unspecified atom stereocenters. The molecule has 1 fully saturated rings. The molecule has 7 heteroatoms. The van der Waals surface area contributed by atoms with Crippen molar-refractivity contribution in [1.82, 2.24) is 14.9 Å². The summed E-state index contributed by atoms with van der Waals surface area (Å²) in [6, 6.07) is 5.71. The van der Waals surface area contributed by atoms with Crippen LogP contribution < -0.4 is 11.3 Å². The Hall–Kier alpha value is -1.14. The minimum atomic E-state index is -0.130. The fourth-order valence-electron chi connectivity index (χ4n) is 3.21. The Balaban J connectivity index is 0.00000192. The molecular weight excluding hydrogens is 335 g/mol. The van der Waals surface area contributed by atoms with Crippen LogP contribution in [0.15, 0.2) is 23.0 Å². The van der Waals surface area contributed by atoms with Crippen molar-refractivity contribution < 1.29 is 0 Å². The Bertz CT molecular complexity index is 717. The number of aromatic amines is 1. The largest absolute Gasteiger partial charge is 0.330 e. The zero-order valence-corrected chi connectivity index (χ0v) is 14.5. The number of nitrogens with one attached hydrogen (secondary N) is 1. The maximum absolute atomic E-state index is 12.2. The van der Waals surface area contributed by atoms with Gasteiger partial charge in [0.1, 0.15) is 5.82 Å². The molecule has 0 amide bonds. The average molecular weight is 357 g/mol. The Morgan fingerprint density at radius 1 is 1.39 bits per heavy atom. The molecular formula is C16H22Cl2N4O. The molecule has 2 aromatic rings. The van der Waals surface area contributed by atoms with Crippen LogP contribution in [0.5, 0.6) is 0 Å². The van der Waals surface area contributed by atoms with E-state index in [-0.39, 0.29) is 18.0 Å². The lowest BCUT2D eigenvalue weighted by atomic mass is 9.99. The molecule has 0 aliphatic carbocycles. The summed E-state index contributed by atoms with van der Waals surface area (Å²) in [5.41, 5.74) is 6.28. The third-order valence-corrected chi connectivity index (χ3v) is 4.55. The van der Waals surface area contributed by atoms with E-state index in [4.69, 9.17) is 17.3 Å². The fourth-order valence-corrected chi connectivity index (χ4v) is 3.39. The molecule has 5 nitrogen and oxygen atoms in total. The predicted molar refractivity (Wildman–Crippen MR) is 96.3 cm³/mol. The summed E-state index contributed by atoms with van der Waals surface area (Å²) in [6.07, 6.45) is 4.61. The molecule has 126 valence electrons. The number of rotatable bonds is 4. The minimum absolute atomic E-state index is 0. The van der Waals surface area contributed by atoms with E-state index in [1.54, 1.807) is 18.2 Å². The summed E-state index contributed by atoms with van der Waals surface area (Å²) in [6.45, 7) is 2.40. The summed E-state index contributed by atoms with van der Waals surface area (Å²) in [7, 11) is 0. The monoisotopic (exact) mass is 356 g/mol. The highest BCUT2D eigenvalue weighted by Gasteiger charge is 2.22. The van der Waals surface area contributed by atoms with Crippen LogP contribution in [0.1, 0.15) is 31.5 Å². The van der Waals surface area contributed by atoms with Gasteiger partial charge in [0.25, 0.3) is 5.56 Å². The first-order chi connectivity index (χ1) is 10.7. The van der Waals surface area contributed by atoms with E-state index in [0.29, 0.717) is 40.9 Å². The molecule has 0 spiro atoms. The standard InChI is InChI=1S/C16H21ClN4O.ClH/c17-11-4-5-14-13(9-11)16(22)20-15(19-14)10-21-8-2-1-3-12(21)6-7-18;/h4-5,9,12H,1-3,6-8,10,18H2,(H,19,20,22);1H. The number of piperidine rings is 1. The Morgan fingerprint density at radius 3 is 3.00 bits per heavy atom. The van der Waals surface area contributed by atoms with Gasteiger partial charge in [0.2, 0.25) is 0 Å². The summed E-state index contributed by atoms with van der Waals surface area (Å²) in [4.78, 5) is 22.1. The van der Waals surface area contributed by atoms with E-state index in [2.05, 4.69) is 14.9 Å². The number of nitrogens with zero attached hydrogens (tertiary/aromatic N) is 2. The smallest absolute Gasteiger partial charge is 0.258 e. The number of benzene rings is 1. The highest BCUT2D eigenvalue weighted by atomic mass is 35.5. The first-order valence-electron chi connectivity index (χ1n) is 7.80. The number of hydrogen-bond donors (Lipinski definition) is 2. The molecule has 1 aliphatic heterocycles. The molecule has 1 aromatic carbocycles. The average Bonchev–Trinajstić information content (AvgIpc) is 2.50. The maximum Gasteiger partial charge on any atom is 0.258 e. The van der Waals surface area contributed by atoms with Gasteiger partial charge in [0, 0.05) is 11.1 Å². The maximum atomic E-state index is 12.2. The fraction of sp³-hybridized carbons (Fsp3) is 0.500. The van der Waals surface area contributed by atoms with Gasteiger partial charge in [0.05, 0.1) is 17.4 Å². The van der Waals surface area contributed by atoms with Crippen molar-refractivity contribution in [2.75, 3.05) is 13.1 Å². The van der Waals surface area contributed by atoms with Crippen molar-refractivity contribution in [3.05, 3.63) is 39.4 Å². The van der Waals surface area contributed by atoms with Crippen molar-refractivity contribution >= 4 is 34.9 Å². The number of nitrogens with two attached hydrogens (primary N) is 1. The topological polar surface area (TPSA) is 75.0 Å². The van der Waals surface area contributed by atoms with E-state index in [1.807, 2.05) is 0 Å². The van der Waals surface area contributed by atoms with E-state index in [0.717, 1.165) is 13.0 Å². The van der Waals surface area contributed by atoms with Gasteiger partial charge >= 0.3 is 0 Å². The Kier molecular flexibility index (Phi) is 6.41. The second-order valence-electron chi connectivity index (χ2n) is 5.87. The number of halogens is 2. The lowest BCUT2D eigenvalue weighted by molar-refractivity contribution is 0.130. The summed E-state index contributed by atoms with van der Waals surface area (Å²) in [5.74, 6) is 0.712. The number of H-pyrrole nitrogens is 1. The molecule has 1 atom stereocenters. The second-order valence-corrected chi connectivity index (χ2v) is 6.31. The lowest BCUT2D eigenvalue weighted by Crippen LogP contribution is -2.40. The molecule has 3 rings (SSSR count). The van der Waals surface area contributed by atoms with Gasteiger partial charge in [-0.25, -0.2) is 4.98 Å². The van der Waals surface area contributed by atoms with Crippen LogP contribution in [-0.2, 0) is 6.54 Å². The van der Waals surface area contributed by atoms with Crippen LogP contribution >= 0.6 is 24.0 Å². The molecule has 0 bridgehead atoms. The number of fused-ring (bicyclic) bond motifs is 1. The highest BCUT2D eigenvalue weighted by molar-refractivity contribution is 6.31. The number of hydrogen-bond acceptors (Lipinski definition) is 4.